The van der Waals surface area contributed by atoms with Gasteiger partial charge in [0.25, 0.3) is 5.91 Å². The Labute approximate surface area is 119 Å². The van der Waals surface area contributed by atoms with Crippen LogP contribution in [0.1, 0.15) is 37.6 Å². The van der Waals surface area contributed by atoms with Gasteiger partial charge in [-0.1, -0.05) is 20.8 Å². The molecule has 0 bridgehead atoms. The SMILES string of the molecule is Cn1ncc(C(=O)NC[C@H]2CCO[C@@H]2C(C)(C)C)c1N. The molecular weight excluding hydrogens is 256 g/mol. The summed E-state index contributed by atoms with van der Waals surface area (Å²) in [5.41, 5.74) is 6.31. The zero-order chi connectivity index (χ0) is 14.9. The summed E-state index contributed by atoms with van der Waals surface area (Å²) < 4.78 is 7.30. The van der Waals surface area contributed by atoms with Crippen molar-refractivity contribution in [3.8, 4) is 0 Å². The number of carbonyl (C=O) groups is 1. The molecule has 1 amide bonds. The lowest BCUT2D eigenvalue weighted by Gasteiger charge is -2.31. The Morgan fingerprint density at radius 2 is 2.30 bits per heavy atom. The van der Waals surface area contributed by atoms with Crippen LogP contribution < -0.4 is 11.1 Å². The lowest BCUT2D eigenvalue weighted by Crippen LogP contribution is -2.38. The van der Waals surface area contributed by atoms with Gasteiger partial charge in [-0.15, -0.1) is 0 Å². The van der Waals surface area contributed by atoms with Crippen LogP contribution in [0.25, 0.3) is 0 Å². The molecule has 1 aliphatic heterocycles. The Bertz CT molecular complexity index is 490. The van der Waals surface area contributed by atoms with Gasteiger partial charge in [0.15, 0.2) is 0 Å². The molecule has 1 aromatic heterocycles. The number of nitrogens with zero attached hydrogens (tertiary/aromatic N) is 2. The van der Waals surface area contributed by atoms with Crippen molar-refractivity contribution < 1.29 is 9.53 Å². The number of carbonyl (C=O) groups excluding carboxylic acids is 1. The monoisotopic (exact) mass is 280 g/mol. The summed E-state index contributed by atoms with van der Waals surface area (Å²) in [7, 11) is 1.71. The molecule has 0 saturated carbocycles. The Morgan fingerprint density at radius 1 is 1.60 bits per heavy atom. The van der Waals surface area contributed by atoms with E-state index in [2.05, 4.69) is 31.2 Å². The van der Waals surface area contributed by atoms with Crippen molar-refractivity contribution in [3.05, 3.63) is 11.8 Å². The highest BCUT2D eigenvalue weighted by Crippen LogP contribution is 2.34. The number of aryl methyl sites for hydroxylation is 1. The first-order valence-electron chi connectivity index (χ1n) is 6.98. The number of nitrogen functional groups attached to an aromatic ring is 1. The molecule has 112 valence electrons. The summed E-state index contributed by atoms with van der Waals surface area (Å²) >= 11 is 0. The highest BCUT2D eigenvalue weighted by molar-refractivity contribution is 5.98. The van der Waals surface area contributed by atoms with Crippen LogP contribution in [-0.2, 0) is 11.8 Å². The average Bonchev–Trinajstić information content (AvgIpc) is 2.94. The molecule has 0 unspecified atom stereocenters. The van der Waals surface area contributed by atoms with Crippen molar-refractivity contribution in [2.75, 3.05) is 18.9 Å². The Hall–Kier alpha value is -1.56. The van der Waals surface area contributed by atoms with Gasteiger partial charge in [0.2, 0.25) is 0 Å². The van der Waals surface area contributed by atoms with E-state index in [1.165, 1.54) is 10.9 Å². The molecule has 1 saturated heterocycles. The van der Waals surface area contributed by atoms with Gasteiger partial charge in [-0.3, -0.25) is 9.48 Å². The molecule has 20 heavy (non-hydrogen) atoms. The normalized spacial score (nSPS) is 23.0. The van der Waals surface area contributed by atoms with E-state index in [0.29, 0.717) is 23.8 Å². The second-order valence-electron chi connectivity index (χ2n) is 6.48. The number of hydrogen-bond donors (Lipinski definition) is 2. The third-order valence-electron chi connectivity index (χ3n) is 3.82. The molecule has 0 aliphatic carbocycles. The fraction of sp³-hybridized carbons (Fsp3) is 0.714. The highest BCUT2D eigenvalue weighted by atomic mass is 16.5. The predicted octanol–water partition coefficient (Wildman–Crippen LogP) is 1.18. The van der Waals surface area contributed by atoms with Crippen molar-refractivity contribution in [2.45, 2.75) is 33.3 Å². The van der Waals surface area contributed by atoms with Crippen molar-refractivity contribution in [3.63, 3.8) is 0 Å². The minimum absolute atomic E-state index is 0.0826. The topological polar surface area (TPSA) is 82.2 Å². The molecule has 6 nitrogen and oxygen atoms in total. The van der Waals surface area contributed by atoms with Crippen molar-refractivity contribution >= 4 is 11.7 Å². The van der Waals surface area contributed by atoms with Gasteiger partial charge in [-0.25, -0.2) is 0 Å². The number of anilines is 1. The van der Waals surface area contributed by atoms with Crippen LogP contribution in [-0.4, -0.2) is 34.9 Å². The van der Waals surface area contributed by atoms with Gasteiger partial charge in [0.1, 0.15) is 11.4 Å². The smallest absolute Gasteiger partial charge is 0.256 e. The summed E-state index contributed by atoms with van der Waals surface area (Å²) in [5.74, 6) is 0.560. The third kappa shape index (κ3) is 2.95. The van der Waals surface area contributed by atoms with E-state index < -0.39 is 0 Å². The molecule has 0 radical (unpaired) electrons. The van der Waals surface area contributed by atoms with E-state index >= 15 is 0 Å². The molecule has 2 atom stereocenters. The van der Waals surface area contributed by atoms with Crippen LogP contribution in [0.3, 0.4) is 0 Å². The van der Waals surface area contributed by atoms with Crippen LogP contribution >= 0.6 is 0 Å². The molecular formula is C14H24N4O2. The molecule has 2 rings (SSSR count). The molecule has 0 aromatic carbocycles. The first kappa shape index (κ1) is 14.8. The van der Waals surface area contributed by atoms with Crippen LogP contribution in [0.5, 0.6) is 0 Å². The summed E-state index contributed by atoms with van der Waals surface area (Å²) in [6, 6.07) is 0. The minimum atomic E-state index is -0.171. The minimum Gasteiger partial charge on any atom is -0.383 e. The number of rotatable bonds is 3. The molecule has 0 spiro atoms. The molecule has 1 fully saturated rings. The Kier molecular flexibility index (Phi) is 4.04. The van der Waals surface area contributed by atoms with Gasteiger partial charge in [0, 0.05) is 26.1 Å². The van der Waals surface area contributed by atoms with Crippen LogP contribution in [0.4, 0.5) is 5.82 Å². The van der Waals surface area contributed by atoms with Crippen molar-refractivity contribution in [1.29, 1.82) is 0 Å². The van der Waals surface area contributed by atoms with Gasteiger partial charge in [-0.2, -0.15) is 5.10 Å². The van der Waals surface area contributed by atoms with E-state index in [1.54, 1.807) is 7.05 Å². The van der Waals surface area contributed by atoms with Gasteiger partial charge >= 0.3 is 0 Å². The third-order valence-corrected chi connectivity index (χ3v) is 3.82. The second-order valence-corrected chi connectivity index (χ2v) is 6.48. The van der Waals surface area contributed by atoms with Crippen LogP contribution in [0, 0.1) is 11.3 Å². The standard InChI is InChI=1S/C14H24N4O2/c1-14(2,3)11-9(5-6-20-11)7-16-13(19)10-8-17-18(4)12(10)15/h8-9,11H,5-7,15H2,1-4H3,(H,16,19)/t9-,11+/m1/s1. The number of aromatic nitrogens is 2. The fourth-order valence-electron chi connectivity index (χ4n) is 2.74. The number of hydrogen-bond acceptors (Lipinski definition) is 4. The van der Waals surface area contributed by atoms with Crippen LogP contribution in [0.15, 0.2) is 6.20 Å². The molecule has 3 N–H and O–H groups in total. The summed E-state index contributed by atoms with van der Waals surface area (Å²) in [5, 5.41) is 6.92. The van der Waals surface area contributed by atoms with E-state index in [4.69, 9.17) is 10.5 Å². The zero-order valence-corrected chi connectivity index (χ0v) is 12.6. The van der Waals surface area contributed by atoms with Crippen molar-refractivity contribution in [2.24, 2.45) is 18.4 Å². The average molecular weight is 280 g/mol. The van der Waals surface area contributed by atoms with Crippen LogP contribution in [0.2, 0.25) is 0 Å². The van der Waals surface area contributed by atoms with E-state index in [0.717, 1.165) is 13.0 Å². The second kappa shape index (κ2) is 5.44. The molecule has 6 heteroatoms. The lowest BCUT2D eigenvalue weighted by molar-refractivity contribution is 0.00737. The predicted molar refractivity (Wildman–Crippen MR) is 77.3 cm³/mol. The zero-order valence-electron chi connectivity index (χ0n) is 12.6. The summed E-state index contributed by atoms with van der Waals surface area (Å²) in [4.78, 5) is 12.1. The number of nitrogens with two attached hydrogens (primary N) is 1. The number of nitrogens with one attached hydrogen (secondary N) is 1. The van der Waals surface area contributed by atoms with Gasteiger partial charge < -0.3 is 15.8 Å². The summed E-state index contributed by atoms with van der Waals surface area (Å²) in [6.45, 7) is 7.86. The van der Waals surface area contributed by atoms with E-state index in [-0.39, 0.29) is 17.4 Å². The number of amides is 1. The maximum Gasteiger partial charge on any atom is 0.256 e. The highest BCUT2D eigenvalue weighted by Gasteiger charge is 2.37. The number of ether oxygens (including phenoxy) is 1. The Balaban J connectivity index is 1.95. The first-order chi connectivity index (χ1) is 9.30. The first-order valence-corrected chi connectivity index (χ1v) is 6.98. The molecule has 1 aliphatic rings. The van der Waals surface area contributed by atoms with Crippen molar-refractivity contribution in [1.82, 2.24) is 15.1 Å². The summed E-state index contributed by atoms with van der Waals surface area (Å²) in [6.07, 6.45) is 2.65. The lowest BCUT2D eigenvalue weighted by atomic mass is 9.81. The maximum atomic E-state index is 12.1. The van der Waals surface area contributed by atoms with E-state index in [1.807, 2.05) is 0 Å². The van der Waals surface area contributed by atoms with E-state index in [9.17, 15) is 4.79 Å². The quantitative estimate of drug-likeness (QED) is 0.871. The van der Waals surface area contributed by atoms with Gasteiger partial charge in [0.05, 0.1) is 12.3 Å². The molecule has 2 heterocycles. The van der Waals surface area contributed by atoms with Gasteiger partial charge in [-0.05, 0) is 11.8 Å². The Morgan fingerprint density at radius 3 is 2.85 bits per heavy atom. The molecule has 1 aromatic rings. The largest absolute Gasteiger partial charge is 0.383 e. The maximum absolute atomic E-state index is 12.1. The fourth-order valence-corrected chi connectivity index (χ4v) is 2.74.